The molecule has 30 heavy (non-hydrogen) atoms. The summed E-state index contributed by atoms with van der Waals surface area (Å²) in [6.45, 7) is 3.74. The Kier molecular flexibility index (Phi) is 6.70. The van der Waals surface area contributed by atoms with Gasteiger partial charge in [0.05, 0.1) is 34.3 Å². The Hall–Kier alpha value is -2.55. The number of rotatable bonds is 7. The molecule has 0 spiro atoms. The van der Waals surface area contributed by atoms with E-state index in [1.165, 1.54) is 18.2 Å². The zero-order chi connectivity index (χ0) is 21.9. The summed E-state index contributed by atoms with van der Waals surface area (Å²) < 4.78 is 37.5. The summed E-state index contributed by atoms with van der Waals surface area (Å²) in [6.07, 6.45) is 0.618. The normalized spacial score (nSPS) is 16.1. The number of ether oxygens (including phenoxy) is 2. The van der Waals surface area contributed by atoms with Crippen LogP contribution in [-0.4, -0.2) is 39.6 Å². The number of carbonyl (C=O) groups is 2. The first-order chi connectivity index (χ1) is 14.2. The third-order valence-electron chi connectivity index (χ3n) is 4.29. The third-order valence-corrected chi connectivity index (χ3v) is 6.66. The number of anilines is 1. The van der Waals surface area contributed by atoms with E-state index in [2.05, 4.69) is 6.58 Å². The molecule has 158 valence electrons. The minimum Gasteiger partial charge on any atom is -0.463 e. The second kappa shape index (κ2) is 9.07. The predicted molar refractivity (Wildman–Crippen MR) is 112 cm³/mol. The van der Waals surface area contributed by atoms with E-state index in [1.54, 1.807) is 24.3 Å². The van der Waals surface area contributed by atoms with Crippen molar-refractivity contribution >= 4 is 50.9 Å². The van der Waals surface area contributed by atoms with E-state index in [0.717, 1.165) is 10.4 Å². The van der Waals surface area contributed by atoms with Gasteiger partial charge >= 0.3 is 11.9 Å². The second-order valence-electron chi connectivity index (χ2n) is 6.29. The predicted octanol–water partition coefficient (Wildman–Crippen LogP) is 3.85. The van der Waals surface area contributed by atoms with Crippen molar-refractivity contribution in [1.29, 1.82) is 0 Å². The quantitative estimate of drug-likeness (QED) is 0.451. The van der Waals surface area contributed by atoms with Gasteiger partial charge in [-0.15, -0.1) is 6.58 Å². The summed E-state index contributed by atoms with van der Waals surface area (Å²) in [6, 6.07) is 9.92. The highest BCUT2D eigenvalue weighted by Gasteiger charge is 2.32. The van der Waals surface area contributed by atoms with Crippen LogP contribution in [0.5, 0.6) is 0 Å². The molecule has 7 nitrogen and oxygen atoms in total. The number of esters is 2. The number of carbonyl (C=O) groups excluding carboxylic acids is 2. The van der Waals surface area contributed by atoms with E-state index >= 15 is 0 Å². The first-order valence-electron chi connectivity index (χ1n) is 8.80. The number of benzene rings is 2. The fourth-order valence-corrected chi connectivity index (χ4v) is 4.58. The highest BCUT2D eigenvalue weighted by atomic mass is 35.5. The van der Waals surface area contributed by atoms with E-state index in [-0.39, 0.29) is 35.1 Å². The van der Waals surface area contributed by atoms with Crippen LogP contribution < -0.4 is 4.31 Å². The van der Waals surface area contributed by atoms with Gasteiger partial charge in [0.15, 0.2) is 0 Å². The van der Waals surface area contributed by atoms with Crippen LogP contribution in [0.3, 0.4) is 0 Å². The smallest absolute Gasteiger partial charge is 0.347 e. The van der Waals surface area contributed by atoms with Crippen molar-refractivity contribution in [2.45, 2.75) is 17.4 Å². The Bertz CT molecular complexity index is 1080. The molecule has 1 aliphatic rings. The van der Waals surface area contributed by atoms with Crippen LogP contribution in [0.15, 0.2) is 60.0 Å². The van der Waals surface area contributed by atoms with Gasteiger partial charge in [0.1, 0.15) is 0 Å². The summed E-state index contributed by atoms with van der Waals surface area (Å²) in [7, 11) is -4.08. The molecule has 1 saturated heterocycles. The minimum absolute atomic E-state index is 0.00734. The average Bonchev–Trinajstić information content (AvgIpc) is 3.11. The van der Waals surface area contributed by atoms with E-state index in [0.29, 0.717) is 10.7 Å². The van der Waals surface area contributed by atoms with Crippen LogP contribution >= 0.6 is 23.2 Å². The molecule has 0 saturated carbocycles. The molecule has 0 N–H and O–H groups in total. The summed E-state index contributed by atoms with van der Waals surface area (Å²) >= 11 is 12.0. The third kappa shape index (κ3) is 4.61. The van der Waals surface area contributed by atoms with Crippen LogP contribution in [0.4, 0.5) is 5.69 Å². The molecule has 1 heterocycles. The van der Waals surface area contributed by atoms with Crippen LogP contribution in [0.1, 0.15) is 16.8 Å². The number of hydrogen-bond donors (Lipinski definition) is 0. The van der Waals surface area contributed by atoms with Crippen molar-refractivity contribution in [3.63, 3.8) is 0 Å². The molecule has 0 amide bonds. The van der Waals surface area contributed by atoms with Gasteiger partial charge in [-0.1, -0.05) is 29.3 Å². The maximum Gasteiger partial charge on any atom is 0.347 e. The number of halogens is 2. The van der Waals surface area contributed by atoms with Crippen molar-refractivity contribution in [2.75, 3.05) is 17.5 Å². The number of cyclic esters (lactones) is 1. The lowest BCUT2D eigenvalue weighted by molar-refractivity contribution is -0.145. The SMILES string of the molecule is C=CCN(c1ccc(Cl)cc1)S(=O)(=O)c1ccc(Cl)c(C(=O)O[C@H]2CCOC2=O)c1. The van der Waals surface area contributed by atoms with E-state index in [1.807, 2.05) is 0 Å². The van der Waals surface area contributed by atoms with Crippen LogP contribution in [0.25, 0.3) is 0 Å². The second-order valence-corrected chi connectivity index (χ2v) is 9.00. The molecule has 0 unspecified atom stereocenters. The minimum atomic E-state index is -4.08. The molecular weight excluding hydrogens is 453 g/mol. The largest absolute Gasteiger partial charge is 0.463 e. The van der Waals surface area contributed by atoms with Crippen LogP contribution in [0.2, 0.25) is 10.0 Å². The monoisotopic (exact) mass is 469 g/mol. The molecule has 2 aromatic rings. The molecule has 1 atom stereocenters. The van der Waals surface area contributed by atoms with Gasteiger partial charge in [0.2, 0.25) is 6.10 Å². The van der Waals surface area contributed by atoms with Gasteiger partial charge in [-0.05, 0) is 42.5 Å². The lowest BCUT2D eigenvalue weighted by Gasteiger charge is -2.23. The number of nitrogens with zero attached hydrogens (tertiary/aromatic N) is 1. The maximum atomic E-state index is 13.3. The molecule has 0 radical (unpaired) electrons. The number of sulfonamides is 1. The Morgan fingerprint density at radius 1 is 1.23 bits per heavy atom. The van der Waals surface area contributed by atoms with Crippen LogP contribution in [-0.2, 0) is 24.3 Å². The molecular formula is C20H17Cl2NO6S. The maximum absolute atomic E-state index is 13.3. The zero-order valence-electron chi connectivity index (χ0n) is 15.6. The van der Waals surface area contributed by atoms with E-state index in [9.17, 15) is 18.0 Å². The summed E-state index contributed by atoms with van der Waals surface area (Å²) in [5, 5.41) is 0.448. The summed E-state index contributed by atoms with van der Waals surface area (Å²) in [4.78, 5) is 23.9. The topological polar surface area (TPSA) is 90.0 Å². The highest BCUT2D eigenvalue weighted by molar-refractivity contribution is 7.92. The lowest BCUT2D eigenvalue weighted by Crippen LogP contribution is -2.31. The van der Waals surface area contributed by atoms with Gasteiger partial charge < -0.3 is 9.47 Å². The first kappa shape index (κ1) is 22.1. The van der Waals surface area contributed by atoms with Gasteiger partial charge in [-0.25, -0.2) is 18.0 Å². The lowest BCUT2D eigenvalue weighted by atomic mass is 10.2. The molecule has 0 aliphatic carbocycles. The standard InChI is InChI=1S/C20H17Cl2NO6S/c1-2-10-23(14-5-3-13(21)4-6-14)30(26,27)15-7-8-17(22)16(12-15)19(24)29-18-9-11-28-20(18)25/h2-8,12,18H,1,9-11H2/t18-/m0/s1. The van der Waals surface area contributed by atoms with Crippen molar-refractivity contribution in [2.24, 2.45) is 0 Å². The molecule has 0 bridgehead atoms. The molecule has 1 fully saturated rings. The van der Waals surface area contributed by atoms with Crippen LogP contribution in [0, 0.1) is 0 Å². The van der Waals surface area contributed by atoms with Crippen molar-refractivity contribution < 1.29 is 27.5 Å². The average molecular weight is 470 g/mol. The molecule has 10 heteroatoms. The van der Waals surface area contributed by atoms with Gasteiger partial charge in [-0.2, -0.15) is 0 Å². The summed E-state index contributed by atoms with van der Waals surface area (Å²) in [5.41, 5.74) is 0.194. The Morgan fingerprint density at radius 2 is 1.93 bits per heavy atom. The first-order valence-corrected chi connectivity index (χ1v) is 11.0. The fourth-order valence-electron chi connectivity index (χ4n) is 2.79. The number of hydrogen-bond acceptors (Lipinski definition) is 6. The molecule has 0 aromatic heterocycles. The highest BCUT2D eigenvalue weighted by Crippen LogP contribution is 2.28. The Balaban J connectivity index is 1.95. The fraction of sp³-hybridized carbons (Fsp3) is 0.200. The van der Waals surface area contributed by atoms with Gasteiger partial charge in [-0.3, -0.25) is 4.31 Å². The molecule has 2 aromatic carbocycles. The Labute approximate surface area is 183 Å². The Morgan fingerprint density at radius 3 is 2.53 bits per heavy atom. The van der Waals surface area contributed by atoms with Crippen molar-refractivity contribution in [3.8, 4) is 0 Å². The summed E-state index contributed by atoms with van der Waals surface area (Å²) in [5.74, 6) is -1.56. The van der Waals surface area contributed by atoms with Gasteiger partial charge in [0, 0.05) is 11.4 Å². The van der Waals surface area contributed by atoms with Crippen molar-refractivity contribution in [1.82, 2.24) is 0 Å². The molecule has 1 aliphatic heterocycles. The molecule has 3 rings (SSSR count). The van der Waals surface area contributed by atoms with Gasteiger partial charge in [0.25, 0.3) is 10.0 Å². The van der Waals surface area contributed by atoms with Crippen molar-refractivity contribution in [3.05, 3.63) is 70.7 Å². The zero-order valence-corrected chi connectivity index (χ0v) is 17.9. The van der Waals surface area contributed by atoms with E-state index in [4.69, 9.17) is 32.7 Å². The van der Waals surface area contributed by atoms with E-state index < -0.39 is 28.1 Å².